The minimum Gasteiger partial charge on any atom is -0.351 e. The van der Waals surface area contributed by atoms with Crippen molar-refractivity contribution in [2.75, 3.05) is 17.3 Å². The third-order valence-electron chi connectivity index (χ3n) is 2.95. The van der Waals surface area contributed by atoms with Crippen LogP contribution >= 0.6 is 23.2 Å². The number of nitrogens with one attached hydrogen (secondary N) is 1. The second-order valence-corrected chi connectivity index (χ2v) is 5.20. The maximum Gasteiger partial charge on any atom is 0.229 e. The molecule has 1 saturated heterocycles. The molecule has 2 rings (SSSR count). The molecular formula is C13H14Cl2N2O2. The number of anilines is 1. The molecule has 1 atom stereocenters. The molecule has 0 saturated carbocycles. The van der Waals surface area contributed by atoms with E-state index in [9.17, 15) is 9.59 Å². The van der Waals surface area contributed by atoms with Crippen LogP contribution in [0.4, 0.5) is 5.69 Å². The SMILES string of the molecule is O=C(CCCl)N[C@@H]1CC(=O)N(c2ccc(Cl)cc2)C1. The first-order chi connectivity index (χ1) is 9.10. The van der Waals surface area contributed by atoms with Crippen molar-refractivity contribution in [2.24, 2.45) is 0 Å². The van der Waals surface area contributed by atoms with E-state index in [0.717, 1.165) is 5.69 Å². The lowest BCUT2D eigenvalue weighted by Crippen LogP contribution is -2.37. The van der Waals surface area contributed by atoms with Gasteiger partial charge in [-0.3, -0.25) is 9.59 Å². The molecule has 4 nitrogen and oxygen atoms in total. The Morgan fingerprint density at radius 1 is 1.37 bits per heavy atom. The van der Waals surface area contributed by atoms with Crippen molar-refractivity contribution in [3.8, 4) is 0 Å². The third-order valence-corrected chi connectivity index (χ3v) is 3.39. The van der Waals surface area contributed by atoms with Crippen LogP contribution in [0.15, 0.2) is 24.3 Å². The summed E-state index contributed by atoms with van der Waals surface area (Å²) in [4.78, 5) is 25.0. The maximum absolute atomic E-state index is 11.9. The summed E-state index contributed by atoms with van der Waals surface area (Å²) in [6, 6.07) is 6.92. The van der Waals surface area contributed by atoms with E-state index in [4.69, 9.17) is 23.2 Å². The molecule has 1 aromatic rings. The van der Waals surface area contributed by atoms with E-state index in [-0.39, 0.29) is 30.2 Å². The molecule has 1 aliphatic rings. The third kappa shape index (κ3) is 3.61. The summed E-state index contributed by atoms with van der Waals surface area (Å²) in [7, 11) is 0. The predicted octanol–water partition coefficient (Wildman–Crippen LogP) is 2.19. The number of alkyl halides is 1. The summed E-state index contributed by atoms with van der Waals surface area (Å²) in [5, 5.41) is 3.44. The van der Waals surface area contributed by atoms with E-state index in [1.807, 2.05) is 0 Å². The average Bonchev–Trinajstić information content (AvgIpc) is 2.71. The summed E-state index contributed by atoms with van der Waals surface area (Å²) >= 11 is 11.3. The quantitative estimate of drug-likeness (QED) is 0.867. The van der Waals surface area contributed by atoms with E-state index < -0.39 is 0 Å². The Morgan fingerprint density at radius 2 is 2.05 bits per heavy atom. The lowest BCUT2D eigenvalue weighted by atomic mass is 10.2. The van der Waals surface area contributed by atoms with Crippen LogP contribution in [-0.4, -0.2) is 30.3 Å². The zero-order valence-corrected chi connectivity index (χ0v) is 11.7. The first-order valence-corrected chi connectivity index (χ1v) is 6.92. The van der Waals surface area contributed by atoms with Crippen LogP contribution < -0.4 is 10.2 Å². The normalized spacial score (nSPS) is 18.7. The van der Waals surface area contributed by atoms with Gasteiger partial charge in [0.25, 0.3) is 0 Å². The molecule has 0 bridgehead atoms. The summed E-state index contributed by atoms with van der Waals surface area (Å²) in [5.41, 5.74) is 0.795. The Morgan fingerprint density at radius 3 is 2.68 bits per heavy atom. The van der Waals surface area contributed by atoms with Crippen LogP contribution in [0.5, 0.6) is 0 Å². The molecule has 0 radical (unpaired) electrons. The molecule has 102 valence electrons. The molecule has 1 aliphatic heterocycles. The van der Waals surface area contributed by atoms with Crippen LogP contribution in [0.25, 0.3) is 0 Å². The summed E-state index contributed by atoms with van der Waals surface area (Å²) < 4.78 is 0. The monoisotopic (exact) mass is 300 g/mol. The van der Waals surface area contributed by atoms with Gasteiger partial charge in [0.05, 0.1) is 6.04 Å². The molecule has 19 heavy (non-hydrogen) atoms. The molecule has 6 heteroatoms. The zero-order valence-electron chi connectivity index (χ0n) is 10.2. The van der Waals surface area contributed by atoms with Gasteiger partial charge in [-0.25, -0.2) is 0 Å². The molecule has 1 N–H and O–H groups in total. The summed E-state index contributed by atoms with van der Waals surface area (Å²) in [5.74, 6) is 0.164. The van der Waals surface area contributed by atoms with Gasteiger partial charge < -0.3 is 10.2 Å². The van der Waals surface area contributed by atoms with Crippen molar-refractivity contribution in [3.05, 3.63) is 29.3 Å². The molecule has 0 aliphatic carbocycles. The van der Waals surface area contributed by atoms with Gasteiger partial charge in [0.2, 0.25) is 11.8 Å². The van der Waals surface area contributed by atoms with E-state index >= 15 is 0 Å². The van der Waals surface area contributed by atoms with Crippen LogP contribution in [0, 0.1) is 0 Å². The van der Waals surface area contributed by atoms with Crippen molar-refractivity contribution in [1.82, 2.24) is 5.32 Å². The van der Waals surface area contributed by atoms with Gasteiger partial charge in [-0.2, -0.15) is 0 Å². The van der Waals surface area contributed by atoms with Crippen LogP contribution in [-0.2, 0) is 9.59 Å². The fraction of sp³-hybridized carbons (Fsp3) is 0.385. The number of rotatable bonds is 4. The molecule has 0 aromatic heterocycles. The van der Waals surface area contributed by atoms with Crippen molar-refractivity contribution >= 4 is 40.7 Å². The van der Waals surface area contributed by atoms with Gasteiger partial charge in [0.1, 0.15) is 0 Å². The van der Waals surface area contributed by atoms with E-state index in [2.05, 4.69) is 5.32 Å². The van der Waals surface area contributed by atoms with Crippen molar-refractivity contribution < 1.29 is 9.59 Å². The fourth-order valence-electron chi connectivity index (χ4n) is 2.06. The first kappa shape index (κ1) is 14.2. The highest BCUT2D eigenvalue weighted by Crippen LogP contribution is 2.23. The highest BCUT2D eigenvalue weighted by molar-refractivity contribution is 6.30. The smallest absolute Gasteiger partial charge is 0.229 e. The number of hydrogen-bond donors (Lipinski definition) is 1. The number of carbonyl (C=O) groups is 2. The Balaban J connectivity index is 1.99. The van der Waals surface area contributed by atoms with Gasteiger partial charge in [0.15, 0.2) is 0 Å². The summed E-state index contributed by atoms with van der Waals surface area (Å²) in [6.07, 6.45) is 0.587. The number of nitrogens with zero attached hydrogens (tertiary/aromatic N) is 1. The van der Waals surface area contributed by atoms with Gasteiger partial charge in [-0.1, -0.05) is 11.6 Å². The number of amides is 2. The largest absolute Gasteiger partial charge is 0.351 e. The summed E-state index contributed by atoms with van der Waals surface area (Å²) in [6.45, 7) is 0.481. The minimum atomic E-state index is -0.154. The van der Waals surface area contributed by atoms with E-state index in [0.29, 0.717) is 18.0 Å². The Hall–Kier alpha value is -1.26. The van der Waals surface area contributed by atoms with Crippen molar-refractivity contribution in [3.63, 3.8) is 0 Å². The Bertz CT molecular complexity index is 476. The zero-order chi connectivity index (χ0) is 13.8. The van der Waals surface area contributed by atoms with Gasteiger partial charge in [0, 0.05) is 36.0 Å². The highest BCUT2D eigenvalue weighted by atomic mass is 35.5. The second kappa shape index (κ2) is 6.26. The number of carbonyl (C=O) groups excluding carboxylic acids is 2. The number of benzene rings is 1. The second-order valence-electron chi connectivity index (χ2n) is 4.39. The van der Waals surface area contributed by atoms with Crippen LogP contribution in [0.1, 0.15) is 12.8 Å². The molecule has 1 heterocycles. The van der Waals surface area contributed by atoms with Gasteiger partial charge >= 0.3 is 0 Å². The molecule has 0 unspecified atom stereocenters. The lowest BCUT2D eigenvalue weighted by molar-refractivity contribution is -0.121. The topological polar surface area (TPSA) is 49.4 Å². The maximum atomic E-state index is 11.9. The van der Waals surface area contributed by atoms with Gasteiger partial charge in [-0.15, -0.1) is 11.6 Å². The Labute approximate surface area is 121 Å². The predicted molar refractivity (Wildman–Crippen MR) is 75.7 cm³/mol. The first-order valence-electron chi connectivity index (χ1n) is 6.01. The standard InChI is InChI=1S/C13H14Cl2N2O2/c14-6-5-12(18)16-10-7-13(19)17(8-10)11-3-1-9(15)2-4-11/h1-4,10H,5-8H2,(H,16,18)/t10-/m1/s1. The molecule has 1 aromatic carbocycles. The Kier molecular flexibility index (Phi) is 4.66. The lowest BCUT2D eigenvalue weighted by Gasteiger charge is -2.17. The molecule has 0 spiro atoms. The van der Waals surface area contributed by atoms with E-state index in [1.165, 1.54) is 0 Å². The average molecular weight is 301 g/mol. The van der Waals surface area contributed by atoms with Crippen molar-refractivity contribution in [2.45, 2.75) is 18.9 Å². The van der Waals surface area contributed by atoms with Crippen molar-refractivity contribution in [1.29, 1.82) is 0 Å². The molecular weight excluding hydrogens is 287 g/mol. The number of halogens is 2. The fourth-order valence-corrected chi connectivity index (χ4v) is 2.36. The number of hydrogen-bond acceptors (Lipinski definition) is 2. The molecule has 1 fully saturated rings. The van der Waals surface area contributed by atoms with E-state index in [1.54, 1.807) is 29.2 Å². The highest BCUT2D eigenvalue weighted by Gasteiger charge is 2.31. The van der Waals surface area contributed by atoms with Gasteiger partial charge in [-0.05, 0) is 24.3 Å². The van der Waals surface area contributed by atoms with Crippen LogP contribution in [0.2, 0.25) is 5.02 Å². The molecule has 2 amide bonds. The minimum absolute atomic E-state index is 0.00139. The van der Waals surface area contributed by atoms with Crippen LogP contribution in [0.3, 0.4) is 0 Å².